The average molecular weight is 348 g/mol. The number of nitrogens with zero attached hydrogens (tertiary/aromatic N) is 1. The fourth-order valence-corrected chi connectivity index (χ4v) is 3.43. The molecular formula is C13H18BrNO3S. The Labute approximate surface area is 122 Å². The Hall–Kier alpha value is -0.880. The van der Waals surface area contributed by atoms with E-state index in [1.54, 1.807) is 30.0 Å². The number of halogens is 1. The van der Waals surface area contributed by atoms with Gasteiger partial charge < -0.3 is 4.90 Å². The van der Waals surface area contributed by atoms with Crippen LogP contribution in [0.1, 0.15) is 24.2 Å². The van der Waals surface area contributed by atoms with Crippen LogP contribution in [0.15, 0.2) is 28.7 Å². The van der Waals surface area contributed by atoms with Crippen molar-refractivity contribution in [2.24, 2.45) is 0 Å². The van der Waals surface area contributed by atoms with Crippen molar-refractivity contribution < 1.29 is 13.2 Å². The molecule has 0 bridgehead atoms. The molecule has 1 rings (SSSR count). The Morgan fingerprint density at radius 2 is 2.05 bits per heavy atom. The van der Waals surface area contributed by atoms with Crippen LogP contribution in [0.2, 0.25) is 0 Å². The number of hydrogen-bond acceptors (Lipinski definition) is 3. The SMILES string of the molecule is CCN(C(=O)c1cccc(Br)c1)[C@H](C)CS(C)(=O)=O. The molecule has 0 aliphatic heterocycles. The van der Waals surface area contributed by atoms with E-state index in [0.29, 0.717) is 12.1 Å². The van der Waals surface area contributed by atoms with Crippen molar-refractivity contribution in [2.45, 2.75) is 19.9 Å². The van der Waals surface area contributed by atoms with Gasteiger partial charge in [0.05, 0.1) is 5.75 Å². The highest BCUT2D eigenvalue weighted by atomic mass is 79.9. The lowest BCUT2D eigenvalue weighted by atomic mass is 10.2. The summed E-state index contributed by atoms with van der Waals surface area (Å²) in [6.07, 6.45) is 1.18. The van der Waals surface area contributed by atoms with E-state index in [1.165, 1.54) is 6.26 Å². The summed E-state index contributed by atoms with van der Waals surface area (Å²) < 4.78 is 23.5. The summed E-state index contributed by atoms with van der Waals surface area (Å²) in [7, 11) is -3.11. The Kier molecular flexibility index (Phi) is 5.55. The van der Waals surface area contributed by atoms with Crippen LogP contribution in [-0.4, -0.2) is 43.8 Å². The van der Waals surface area contributed by atoms with Gasteiger partial charge >= 0.3 is 0 Å². The van der Waals surface area contributed by atoms with Gasteiger partial charge in [-0.3, -0.25) is 4.79 Å². The van der Waals surface area contributed by atoms with Gasteiger partial charge in [-0.2, -0.15) is 0 Å². The van der Waals surface area contributed by atoms with Crippen LogP contribution >= 0.6 is 15.9 Å². The van der Waals surface area contributed by atoms with Gasteiger partial charge in [-0.25, -0.2) is 8.42 Å². The summed E-state index contributed by atoms with van der Waals surface area (Å²) >= 11 is 3.32. The molecule has 0 saturated carbocycles. The summed E-state index contributed by atoms with van der Waals surface area (Å²) in [4.78, 5) is 13.9. The molecule has 0 aliphatic carbocycles. The Bertz CT molecular complexity index is 557. The minimum absolute atomic E-state index is 0.0272. The van der Waals surface area contributed by atoms with Crippen molar-refractivity contribution in [3.8, 4) is 0 Å². The van der Waals surface area contributed by atoms with Crippen molar-refractivity contribution in [3.05, 3.63) is 34.3 Å². The van der Waals surface area contributed by atoms with E-state index >= 15 is 0 Å². The average Bonchev–Trinajstić information content (AvgIpc) is 2.27. The Balaban J connectivity index is 2.94. The maximum absolute atomic E-state index is 12.4. The molecule has 0 saturated heterocycles. The number of hydrogen-bond donors (Lipinski definition) is 0. The molecule has 0 radical (unpaired) electrons. The van der Waals surface area contributed by atoms with Gasteiger partial charge in [0.25, 0.3) is 5.91 Å². The highest BCUT2D eigenvalue weighted by molar-refractivity contribution is 9.10. The van der Waals surface area contributed by atoms with Crippen LogP contribution in [0.4, 0.5) is 0 Å². The lowest BCUT2D eigenvalue weighted by Gasteiger charge is -2.27. The summed E-state index contributed by atoms with van der Waals surface area (Å²) in [6, 6.07) is 6.74. The Morgan fingerprint density at radius 3 is 2.53 bits per heavy atom. The molecule has 0 N–H and O–H groups in total. The van der Waals surface area contributed by atoms with Gasteiger partial charge in [0, 0.05) is 28.9 Å². The van der Waals surface area contributed by atoms with E-state index in [2.05, 4.69) is 15.9 Å². The van der Waals surface area contributed by atoms with Gasteiger partial charge in [0.1, 0.15) is 9.84 Å². The number of carbonyl (C=O) groups excluding carboxylic acids is 1. The third-order valence-corrected chi connectivity index (χ3v) is 4.33. The number of sulfone groups is 1. The van der Waals surface area contributed by atoms with Crippen molar-refractivity contribution in [1.82, 2.24) is 4.90 Å². The first-order chi connectivity index (χ1) is 8.74. The van der Waals surface area contributed by atoms with E-state index < -0.39 is 9.84 Å². The fourth-order valence-electron chi connectivity index (χ4n) is 1.97. The van der Waals surface area contributed by atoms with E-state index in [0.717, 1.165) is 4.47 Å². The molecule has 106 valence electrons. The minimum Gasteiger partial charge on any atom is -0.335 e. The molecule has 19 heavy (non-hydrogen) atoms. The zero-order chi connectivity index (χ0) is 14.6. The van der Waals surface area contributed by atoms with Crippen molar-refractivity contribution in [1.29, 1.82) is 0 Å². The van der Waals surface area contributed by atoms with Gasteiger partial charge in [-0.1, -0.05) is 22.0 Å². The zero-order valence-corrected chi connectivity index (χ0v) is 13.7. The molecule has 0 fully saturated rings. The van der Waals surface area contributed by atoms with Gasteiger partial charge in [0.15, 0.2) is 0 Å². The predicted octanol–water partition coefficient (Wildman–Crippen LogP) is 2.34. The molecule has 4 nitrogen and oxygen atoms in total. The van der Waals surface area contributed by atoms with E-state index in [9.17, 15) is 13.2 Å². The molecule has 1 aromatic carbocycles. The highest BCUT2D eigenvalue weighted by Gasteiger charge is 2.22. The molecule has 6 heteroatoms. The second kappa shape index (κ2) is 6.52. The van der Waals surface area contributed by atoms with Crippen LogP contribution in [0.25, 0.3) is 0 Å². The summed E-state index contributed by atoms with van der Waals surface area (Å²) in [5, 5.41) is 0. The van der Waals surface area contributed by atoms with Gasteiger partial charge in [-0.05, 0) is 32.0 Å². The predicted molar refractivity (Wildman–Crippen MR) is 80.0 cm³/mol. The molecule has 0 unspecified atom stereocenters. The fraction of sp³-hybridized carbons (Fsp3) is 0.462. The lowest BCUT2D eigenvalue weighted by molar-refractivity contribution is 0.0719. The van der Waals surface area contributed by atoms with Crippen LogP contribution in [0, 0.1) is 0 Å². The summed E-state index contributed by atoms with van der Waals surface area (Å²) in [5.74, 6) is -0.180. The number of rotatable bonds is 5. The number of benzene rings is 1. The molecule has 1 aromatic rings. The third-order valence-electron chi connectivity index (χ3n) is 2.75. The molecule has 0 heterocycles. The summed E-state index contributed by atoms with van der Waals surface area (Å²) in [6.45, 7) is 4.07. The first kappa shape index (κ1) is 16.2. The lowest BCUT2D eigenvalue weighted by Crippen LogP contribution is -2.42. The standard InChI is InChI=1S/C13H18BrNO3S/c1-4-15(10(2)9-19(3,17)18)13(16)11-6-5-7-12(14)8-11/h5-8,10H,4,9H2,1-3H3/t10-/m1/s1. The first-order valence-electron chi connectivity index (χ1n) is 5.99. The molecule has 0 aromatic heterocycles. The molecule has 0 spiro atoms. The van der Waals surface area contributed by atoms with Crippen molar-refractivity contribution in [2.75, 3.05) is 18.6 Å². The van der Waals surface area contributed by atoms with E-state index in [4.69, 9.17) is 0 Å². The zero-order valence-electron chi connectivity index (χ0n) is 11.3. The molecular weight excluding hydrogens is 330 g/mol. The Morgan fingerprint density at radius 1 is 1.42 bits per heavy atom. The van der Waals surface area contributed by atoms with Gasteiger partial charge in [-0.15, -0.1) is 0 Å². The van der Waals surface area contributed by atoms with Crippen LogP contribution in [0.5, 0.6) is 0 Å². The monoisotopic (exact) mass is 347 g/mol. The topological polar surface area (TPSA) is 54.5 Å². The highest BCUT2D eigenvalue weighted by Crippen LogP contribution is 2.15. The number of amides is 1. The van der Waals surface area contributed by atoms with Crippen molar-refractivity contribution >= 4 is 31.7 Å². The minimum atomic E-state index is -3.11. The van der Waals surface area contributed by atoms with E-state index in [-0.39, 0.29) is 17.7 Å². The largest absolute Gasteiger partial charge is 0.335 e. The maximum Gasteiger partial charge on any atom is 0.254 e. The summed E-state index contributed by atoms with van der Waals surface area (Å²) in [5.41, 5.74) is 0.552. The second-order valence-corrected chi connectivity index (χ2v) is 7.64. The molecule has 1 atom stereocenters. The van der Waals surface area contributed by atoms with Gasteiger partial charge in [0.2, 0.25) is 0 Å². The third kappa shape index (κ3) is 4.95. The molecule has 0 aliphatic rings. The first-order valence-corrected chi connectivity index (χ1v) is 8.84. The quantitative estimate of drug-likeness (QED) is 0.821. The maximum atomic E-state index is 12.4. The van der Waals surface area contributed by atoms with Crippen LogP contribution in [-0.2, 0) is 9.84 Å². The molecule has 1 amide bonds. The van der Waals surface area contributed by atoms with E-state index in [1.807, 2.05) is 13.0 Å². The van der Waals surface area contributed by atoms with Crippen LogP contribution in [0.3, 0.4) is 0 Å². The van der Waals surface area contributed by atoms with Crippen molar-refractivity contribution in [3.63, 3.8) is 0 Å². The van der Waals surface area contributed by atoms with Crippen LogP contribution < -0.4 is 0 Å². The second-order valence-electron chi connectivity index (χ2n) is 4.54. The normalized spacial score (nSPS) is 13.1. The smallest absolute Gasteiger partial charge is 0.254 e. The number of carbonyl (C=O) groups is 1.